The van der Waals surface area contributed by atoms with E-state index in [1.54, 1.807) is 11.8 Å². The number of aliphatic hydroxyl groups is 1. The molecule has 0 spiro atoms. The standard InChI is InChI=1S/C8H10FN3O2S2/c9-11-5-1-2-12(8(14)10-5)6-4-15-7(3-13)16-6/h1-2,6-7,13H,3-4H2,(H,10,11,14). The van der Waals surface area contributed by atoms with Gasteiger partial charge in [-0.15, -0.1) is 28.0 Å². The molecular formula is C8H10FN3O2S2. The molecule has 1 aliphatic rings. The molecule has 16 heavy (non-hydrogen) atoms. The lowest BCUT2D eigenvalue weighted by atomic mass is 10.5. The quantitative estimate of drug-likeness (QED) is 0.788. The summed E-state index contributed by atoms with van der Waals surface area (Å²) in [7, 11) is 0. The lowest BCUT2D eigenvalue weighted by Gasteiger charge is -2.11. The molecule has 0 amide bonds. The van der Waals surface area contributed by atoms with Gasteiger partial charge in [0.05, 0.1) is 16.6 Å². The molecule has 2 unspecified atom stereocenters. The number of anilines is 1. The third-order valence-corrected chi connectivity index (χ3v) is 5.26. The summed E-state index contributed by atoms with van der Waals surface area (Å²) in [6.07, 6.45) is 1.51. The molecule has 1 fully saturated rings. The number of rotatable bonds is 3. The van der Waals surface area contributed by atoms with Crippen LogP contribution in [-0.4, -0.2) is 31.6 Å². The minimum atomic E-state index is -0.487. The Morgan fingerprint density at radius 1 is 1.75 bits per heavy atom. The summed E-state index contributed by atoms with van der Waals surface area (Å²) in [4.78, 5) is 15.1. The van der Waals surface area contributed by atoms with E-state index in [0.29, 0.717) is 0 Å². The van der Waals surface area contributed by atoms with E-state index in [1.165, 1.54) is 34.1 Å². The monoisotopic (exact) mass is 263 g/mol. The Bertz CT molecular complexity index is 428. The van der Waals surface area contributed by atoms with Gasteiger partial charge in [0.15, 0.2) is 5.82 Å². The lowest BCUT2D eigenvalue weighted by molar-refractivity contribution is 0.316. The fraction of sp³-hybridized carbons (Fsp3) is 0.500. The maximum absolute atomic E-state index is 12.0. The SMILES string of the molecule is O=c1nc(NF)ccn1C1CSC(CO)S1. The second-order valence-corrected chi connectivity index (χ2v) is 6.05. The van der Waals surface area contributed by atoms with Crippen LogP contribution < -0.4 is 11.2 Å². The van der Waals surface area contributed by atoms with E-state index in [1.807, 2.05) is 0 Å². The molecule has 88 valence electrons. The van der Waals surface area contributed by atoms with Crippen molar-refractivity contribution in [2.24, 2.45) is 0 Å². The van der Waals surface area contributed by atoms with Gasteiger partial charge in [0.1, 0.15) is 0 Å². The van der Waals surface area contributed by atoms with Crippen molar-refractivity contribution < 1.29 is 9.59 Å². The Kier molecular flexibility index (Phi) is 3.72. The number of aliphatic hydroxyl groups excluding tert-OH is 1. The molecule has 2 N–H and O–H groups in total. The zero-order valence-electron chi connectivity index (χ0n) is 8.17. The summed E-state index contributed by atoms with van der Waals surface area (Å²) in [5.74, 6) is 0.649. The number of nitrogens with one attached hydrogen (secondary N) is 1. The van der Waals surface area contributed by atoms with Crippen LogP contribution in [0.1, 0.15) is 5.37 Å². The Balaban J connectivity index is 2.19. The van der Waals surface area contributed by atoms with Crippen molar-refractivity contribution in [3.8, 4) is 0 Å². The first-order valence-corrected chi connectivity index (χ1v) is 6.57. The Morgan fingerprint density at radius 3 is 3.12 bits per heavy atom. The van der Waals surface area contributed by atoms with E-state index < -0.39 is 5.69 Å². The van der Waals surface area contributed by atoms with Gasteiger partial charge in [0.25, 0.3) is 0 Å². The molecule has 2 rings (SSSR count). The number of halogens is 1. The van der Waals surface area contributed by atoms with Gasteiger partial charge in [-0.1, -0.05) is 0 Å². The first-order valence-electron chi connectivity index (χ1n) is 4.58. The van der Waals surface area contributed by atoms with Crippen LogP contribution in [0.3, 0.4) is 0 Å². The summed E-state index contributed by atoms with van der Waals surface area (Å²) >= 11 is 3.11. The summed E-state index contributed by atoms with van der Waals surface area (Å²) in [6.45, 7) is 0.0815. The zero-order valence-corrected chi connectivity index (χ0v) is 9.80. The summed E-state index contributed by atoms with van der Waals surface area (Å²) in [5, 5.41) is 8.93. The van der Waals surface area contributed by atoms with Crippen molar-refractivity contribution in [1.29, 1.82) is 0 Å². The van der Waals surface area contributed by atoms with E-state index in [9.17, 15) is 9.28 Å². The number of hydrogen-bond donors (Lipinski definition) is 2. The highest BCUT2D eigenvalue weighted by Crippen LogP contribution is 2.43. The normalized spacial score (nSPS) is 24.6. The van der Waals surface area contributed by atoms with Gasteiger partial charge in [-0.3, -0.25) is 4.57 Å². The predicted molar refractivity (Wildman–Crippen MR) is 63.2 cm³/mol. The first kappa shape index (κ1) is 11.7. The van der Waals surface area contributed by atoms with E-state index >= 15 is 0 Å². The minimum absolute atomic E-state index is 0.0455. The van der Waals surface area contributed by atoms with Crippen LogP contribution in [0.15, 0.2) is 17.1 Å². The third kappa shape index (κ3) is 2.33. The predicted octanol–water partition coefficient (Wildman–Crippen LogP) is 0.837. The molecule has 0 aliphatic carbocycles. The van der Waals surface area contributed by atoms with Crippen molar-refractivity contribution in [3.63, 3.8) is 0 Å². The highest BCUT2D eigenvalue weighted by Gasteiger charge is 2.27. The molecule has 0 bridgehead atoms. The van der Waals surface area contributed by atoms with Crippen molar-refractivity contribution >= 4 is 29.3 Å². The molecule has 1 aliphatic heterocycles. The Labute approximate surface area is 99.4 Å². The molecule has 1 saturated heterocycles. The highest BCUT2D eigenvalue weighted by atomic mass is 32.2. The summed E-state index contributed by atoms with van der Waals surface area (Å²) in [5.41, 5.74) is 0.842. The lowest BCUT2D eigenvalue weighted by Crippen LogP contribution is -2.25. The number of nitrogens with zero attached hydrogens (tertiary/aromatic N) is 2. The largest absolute Gasteiger partial charge is 0.394 e. The van der Waals surface area contributed by atoms with E-state index in [-0.39, 0.29) is 22.4 Å². The molecule has 8 heteroatoms. The second-order valence-electron chi connectivity index (χ2n) is 3.13. The van der Waals surface area contributed by atoms with Crippen molar-refractivity contribution in [1.82, 2.24) is 9.55 Å². The third-order valence-electron chi connectivity index (χ3n) is 2.12. The number of aromatic nitrogens is 2. The van der Waals surface area contributed by atoms with Gasteiger partial charge in [0, 0.05) is 11.9 Å². The van der Waals surface area contributed by atoms with Crippen LogP contribution in [0.2, 0.25) is 0 Å². The molecule has 2 atom stereocenters. The molecule has 2 heterocycles. The maximum Gasteiger partial charge on any atom is 0.350 e. The number of hydrogen-bond acceptors (Lipinski definition) is 6. The van der Waals surface area contributed by atoms with E-state index in [4.69, 9.17) is 5.11 Å². The van der Waals surface area contributed by atoms with Crippen molar-refractivity contribution in [2.45, 2.75) is 9.96 Å². The summed E-state index contributed by atoms with van der Waals surface area (Å²) < 4.78 is 13.6. The van der Waals surface area contributed by atoms with Crippen LogP contribution in [0.25, 0.3) is 0 Å². The van der Waals surface area contributed by atoms with Crippen LogP contribution in [0.4, 0.5) is 10.3 Å². The molecular weight excluding hydrogens is 253 g/mol. The average molecular weight is 263 g/mol. The van der Waals surface area contributed by atoms with Crippen LogP contribution in [-0.2, 0) is 0 Å². The molecule has 5 nitrogen and oxygen atoms in total. The van der Waals surface area contributed by atoms with Gasteiger partial charge in [0.2, 0.25) is 0 Å². The maximum atomic E-state index is 12.0. The van der Waals surface area contributed by atoms with Crippen LogP contribution in [0.5, 0.6) is 0 Å². The van der Waals surface area contributed by atoms with Gasteiger partial charge in [-0.2, -0.15) is 4.98 Å². The van der Waals surface area contributed by atoms with Crippen molar-refractivity contribution in [2.75, 3.05) is 17.9 Å². The van der Waals surface area contributed by atoms with Gasteiger partial charge >= 0.3 is 5.69 Å². The molecule has 0 aromatic carbocycles. The Hall–Kier alpha value is -0.730. The van der Waals surface area contributed by atoms with Gasteiger partial charge < -0.3 is 5.11 Å². The minimum Gasteiger partial charge on any atom is -0.394 e. The Morgan fingerprint density at radius 2 is 2.56 bits per heavy atom. The van der Waals surface area contributed by atoms with Gasteiger partial charge in [-0.05, 0) is 6.07 Å². The topological polar surface area (TPSA) is 67.2 Å². The number of thioether (sulfide) groups is 2. The summed E-state index contributed by atoms with van der Waals surface area (Å²) in [6, 6.07) is 1.40. The smallest absolute Gasteiger partial charge is 0.350 e. The average Bonchev–Trinajstić information content (AvgIpc) is 2.77. The van der Waals surface area contributed by atoms with E-state index in [2.05, 4.69) is 4.98 Å². The molecule has 0 radical (unpaired) electrons. The fourth-order valence-corrected chi connectivity index (χ4v) is 4.23. The fourth-order valence-electron chi connectivity index (χ4n) is 1.37. The highest BCUT2D eigenvalue weighted by molar-refractivity contribution is 8.20. The van der Waals surface area contributed by atoms with Crippen LogP contribution >= 0.6 is 23.5 Å². The van der Waals surface area contributed by atoms with Crippen LogP contribution in [0, 0.1) is 0 Å². The van der Waals surface area contributed by atoms with E-state index in [0.717, 1.165) is 5.75 Å². The first-order chi connectivity index (χ1) is 7.74. The molecule has 0 saturated carbocycles. The van der Waals surface area contributed by atoms with Gasteiger partial charge in [-0.25, -0.2) is 10.3 Å². The zero-order chi connectivity index (χ0) is 11.5. The van der Waals surface area contributed by atoms with Crippen molar-refractivity contribution in [3.05, 3.63) is 22.7 Å². The molecule has 1 aromatic rings. The molecule has 1 aromatic heterocycles. The second kappa shape index (κ2) is 5.07.